The molecule has 1 aromatic carbocycles. The van der Waals surface area contributed by atoms with Crippen LogP contribution in [-0.2, 0) is 16.1 Å². The van der Waals surface area contributed by atoms with E-state index in [1.165, 1.54) is 0 Å². The molecule has 0 aliphatic carbocycles. The first-order chi connectivity index (χ1) is 11.7. The van der Waals surface area contributed by atoms with Gasteiger partial charge in [0.2, 0.25) is 5.91 Å². The molecule has 2 rings (SSSR count). The Bertz CT molecular complexity index is 658. The molecule has 0 aliphatic heterocycles. The third kappa shape index (κ3) is 6.06. The minimum absolute atomic E-state index is 0.0999. The van der Waals surface area contributed by atoms with Crippen molar-refractivity contribution in [2.24, 2.45) is 0 Å². The molecule has 0 saturated heterocycles. The first-order valence-electron chi connectivity index (χ1n) is 7.56. The normalized spacial score (nSPS) is 10.4. The highest BCUT2D eigenvalue weighted by atomic mass is 35.5. The van der Waals surface area contributed by atoms with E-state index in [9.17, 15) is 9.59 Å². The fraction of sp³-hybridized carbons (Fsp3) is 0.294. The fourth-order valence-corrected chi connectivity index (χ4v) is 2.15. The highest BCUT2D eigenvalue weighted by Crippen LogP contribution is 2.14. The maximum atomic E-state index is 11.9. The zero-order chi connectivity index (χ0) is 17.2. The van der Waals surface area contributed by atoms with Crippen molar-refractivity contribution < 1.29 is 18.7 Å². The van der Waals surface area contributed by atoms with Crippen LogP contribution in [0.15, 0.2) is 47.1 Å². The van der Waals surface area contributed by atoms with Crippen LogP contribution in [0.5, 0.6) is 0 Å². The summed E-state index contributed by atoms with van der Waals surface area (Å²) in [4.78, 5) is 23.6. The Labute approximate surface area is 145 Å². The van der Waals surface area contributed by atoms with E-state index >= 15 is 0 Å². The first kappa shape index (κ1) is 18.0. The Morgan fingerprint density at radius 1 is 1.12 bits per heavy atom. The molecule has 1 heterocycles. The van der Waals surface area contributed by atoms with E-state index in [4.69, 9.17) is 20.8 Å². The van der Waals surface area contributed by atoms with Gasteiger partial charge in [-0.05, 0) is 30.7 Å². The fourth-order valence-electron chi connectivity index (χ4n) is 1.93. The van der Waals surface area contributed by atoms with Gasteiger partial charge in [-0.15, -0.1) is 0 Å². The van der Waals surface area contributed by atoms with Gasteiger partial charge in [-0.1, -0.05) is 23.7 Å². The van der Waals surface area contributed by atoms with Crippen LogP contribution >= 0.6 is 11.6 Å². The lowest BCUT2D eigenvalue weighted by molar-refractivity contribution is -0.120. The summed E-state index contributed by atoms with van der Waals surface area (Å²) in [6.45, 7) is 1.29. The molecule has 0 unspecified atom stereocenters. The molecule has 6 nitrogen and oxygen atoms in total. The van der Waals surface area contributed by atoms with Gasteiger partial charge in [-0.2, -0.15) is 0 Å². The van der Waals surface area contributed by atoms with Crippen molar-refractivity contribution in [1.29, 1.82) is 0 Å². The summed E-state index contributed by atoms with van der Waals surface area (Å²) in [7, 11) is 0. The largest absolute Gasteiger partial charge is 0.467 e. The second-order valence-electron chi connectivity index (χ2n) is 5.00. The molecule has 0 saturated carbocycles. The molecule has 7 heteroatoms. The maximum absolute atomic E-state index is 11.9. The van der Waals surface area contributed by atoms with Crippen LogP contribution in [-0.4, -0.2) is 31.5 Å². The summed E-state index contributed by atoms with van der Waals surface area (Å²) < 4.78 is 10.5. The summed E-state index contributed by atoms with van der Waals surface area (Å²) in [5, 5.41) is 5.59. The molecule has 0 atom stereocenters. The molecule has 2 N–H and O–H groups in total. The van der Waals surface area contributed by atoms with Gasteiger partial charge in [0.1, 0.15) is 12.4 Å². The van der Waals surface area contributed by atoms with Crippen molar-refractivity contribution in [3.05, 3.63) is 59.0 Å². The van der Waals surface area contributed by atoms with Crippen LogP contribution in [0, 0.1) is 0 Å². The van der Waals surface area contributed by atoms with Crippen molar-refractivity contribution >= 4 is 23.4 Å². The highest BCUT2D eigenvalue weighted by molar-refractivity contribution is 6.33. The average molecular weight is 351 g/mol. The number of ether oxygens (including phenoxy) is 1. The van der Waals surface area contributed by atoms with E-state index in [-0.39, 0.29) is 18.4 Å². The van der Waals surface area contributed by atoms with Crippen LogP contribution in [0.3, 0.4) is 0 Å². The predicted octanol–water partition coefficient (Wildman–Crippen LogP) is 2.39. The topological polar surface area (TPSA) is 80.6 Å². The van der Waals surface area contributed by atoms with Gasteiger partial charge < -0.3 is 19.8 Å². The first-order valence-corrected chi connectivity index (χ1v) is 7.94. The number of furan rings is 1. The van der Waals surface area contributed by atoms with Gasteiger partial charge in [0.05, 0.1) is 23.4 Å². The predicted molar refractivity (Wildman–Crippen MR) is 89.8 cm³/mol. The van der Waals surface area contributed by atoms with Crippen LogP contribution in [0.25, 0.3) is 0 Å². The van der Waals surface area contributed by atoms with E-state index in [2.05, 4.69) is 10.6 Å². The highest BCUT2D eigenvalue weighted by Gasteiger charge is 2.10. The number of hydrogen-bond donors (Lipinski definition) is 2. The molecule has 1 aromatic heterocycles. The Kier molecular flexibility index (Phi) is 7.32. The minimum atomic E-state index is -0.377. The Morgan fingerprint density at radius 3 is 2.71 bits per heavy atom. The summed E-state index contributed by atoms with van der Waals surface area (Å²) >= 11 is 5.92. The van der Waals surface area contributed by atoms with E-state index in [1.54, 1.807) is 36.6 Å². The van der Waals surface area contributed by atoms with E-state index in [1.807, 2.05) is 6.07 Å². The second-order valence-corrected chi connectivity index (χ2v) is 5.41. The molecule has 0 aliphatic rings. The summed E-state index contributed by atoms with van der Waals surface area (Å²) in [5.41, 5.74) is 0.346. The molecule has 0 spiro atoms. The number of halogens is 1. The summed E-state index contributed by atoms with van der Waals surface area (Å²) in [5.74, 6) is 0.125. The maximum Gasteiger partial charge on any atom is 0.253 e. The van der Waals surface area contributed by atoms with E-state index < -0.39 is 0 Å². The average Bonchev–Trinajstić information content (AvgIpc) is 3.09. The lowest BCUT2D eigenvalue weighted by Crippen LogP contribution is -2.37. The Balaban J connectivity index is 1.55. The zero-order valence-corrected chi connectivity index (χ0v) is 13.8. The van der Waals surface area contributed by atoms with Crippen LogP contribution < -0.4 is 10.6 Å². The molecule has 0 fully saturated rings. The zero-order valence-electron chi connectivity index (χ0n) is 13.1. The molecule has 2 aromatic rings. The van der Waals surface area contributed by atoms with E-state index in [0.29, 0.717) is 36.8 Å². The molecule has 128 valence electrons. The number of nitrogens with one attached hydrogen (secondary N) is 2. The standard InChI is InChI=1S/C17H19ClN2O4/c18-15-7-2-1-6-14(15)17(22)20-11-16(21)19-8-4-9-23-12-13-5-3-10-24-13/h1-3,5-7,10H,4,8-9,11-12H2,(H,19,21)(H,20,22). The molecular formula is C17H19ClN2O4. The number of carbonyl (C=O) groups excluding carboxylic acids is 2. The van der Waals surface area contributed by atoms with Gasteiger partial charge in [-0.3, -0.25) is 9.59 Å². The number of amides is 2. The van der Waals surface area contributed by atoms with Gasteiger partial charge in [0.25, 0.3) is 5.91 Å². The number of benzene rings is 1. The molecule has 24 heavy (non-hydrogen) atoms. The van der Waals surface area contributed by atoms with Gasteiger partial charge in [-0.25, -0.2) is 0 Å². The van der Waals surface area contributed by atoms with Gasteiger partial charge in [0, 0.05) is 13.2 Å². The van der Waals surface area contributed by atoms with Crippen molar-refractivity contribution in [1.82, 2.24) is 10.6 Å². The second kappa shape index (κ2) is 9.75. The van der Waals surface area contributed by atoms with E-state index in [0.717, 1.165) is 5.76 Å². The molecule has 0 radical (unpaired) electrons. The van der Waals surface area contributed by atoms with Crippen LogP contribution in [0.1, 0.15) is 22.5 Å². The Hall–Kier alpha value is -2.31. The third-order valence-electron chi connectivity index (χ3n) is 3.14. The molecular weight excluding hydrogens is 332 g/mol. The van der Waals surface area contributed by atoms with Gasteiger partial charge in [0.15, 0.2) is 0 Å². The van der Waals surface area contributed by atoms with Crippen molar-refractivity contribution in [2.45, 2.75) is 13.0 Å². The van der Waals surface area contributed by atoms with Crippen molar-refractivity contribution in [2.75, 3.05) is 19.7 Å². The van der Waals surface area contributed by atoms with Crippen LogP contribution in [0.2, 0.25) is 5.02 Å². The van der Waals surface area contributed by atoms with Crippen LogP contribution in [0.4, 0.5) is 0 Å². The number of hydrogen-bond acceptors (Lipinski definition) is 4. The minimum Gasteiger partial charge on any atom is -0.467 e. The Morgan fingerprint density at radius 2 is 1.96 bits per heavy atom. The van der Waals surface area contributed by atoms with Crippen molar-refractivity contribution in [3.63, 3.8) is 0 Å². The van der Waals surface area contributed by atoms with Gasteiger partial charge >= 0.3 is 0 Å². The lowest BCUT2D eigenvalue weighted by Gasteiger charge is -2.08. The summed E-state index contributed by atoms with van der Waals surface area (Å²) in [6, 6.07) is 10.3. The lowest BCUT2D eigenvalue weighted by atomic mass is 10.2. The van der Waals surface area contributed by atoms with Crippen molar-refractivity contribution in [3.8, 4) is 0 Å². The quantitative estimate of drug-likeness (QED) is 0.680. The monoisotopic (exact) mass is 350 g/mol. The third-order valence-corrected chi connectivity index (χ3v) is 3.47. The smallest absolute Gasteiger partial charge is 0.253 e. The number of rotatable bonds is 9. The number of carbonyl (C=O) groups is 2. The SMILES string of the molecule is O=C(CNC(=O)c1ccccc1Cl)NCCCOCc1ccco1. The summed E-state index contributed by atoms with van der Waals surface area (Å²) in [6.07, 6.45) is 2.26. The molecule has 2 amide bonds. The molecule has 0 bridgehead atoms.